The van der Waals surface area contributed by atoms with E-state index in [0.29, 0.717) is 6.42 Å². The van der Waals surface area contributed by atoms with Gasteiger partial charge in [-0.15, -0.1) is 0 Å². The number of hydrogen-bond donors (Lipinski definition) is 0. The summed E-state index contributed by atoms with van der Waals surface area (Å²) in [4.78, 5) is 11.1. The van der Waals surface area contributed by atoms with Crippen LogP contribution in [0.5, 0.6) is 0 Å². The zero-order valence-corrected chi connectivity index (χ0v) is 10.4. The first-order valence-electron chi connectivity index (χ1n) is 5.37. The van der Waals surface area contributed by atoms with Crippen LogP contribution in [-0.2, 0) is 16.0 Å². The molecule has 0 bridgehead atoms. The molecule has 0 radical (unpaired) electrons. The molecule has 0 aliphatic heterocycles. The minimum atomic E-state index is -4.29. The van der Waals surface area contributed by atoms with Gasteiger partial charge in [0.1, 0.15) is 0 Å². The van der Waals surface area contributed by atoms with Gasteiger partial charge in [0.25, 0.3) is 0 Å². The molecule has 0 saturated heterocycles. The van der Waals surface area contributed by atoms with E-state index < -0.39 is 11.5 Å². The summed E-state index contributed by atoms with van der Waals surface area (Å²) in [5.41, 5.74) is -3.26. The summed E-state index contributed by atoms with van der Waals surface area (Å²) >= 11 is -0.209. The molecule has 0 aliphatic rings. The van der Waals surface area contributed by atoms with E-state index in [4.69, 9.17) is 4.74 Å². The number of hydrogen-bond acceptors (Lipinski definition) is 3. The molecule has 100 valence electrons. The Morgan fingerprint density at radius 1 is 1.22 bits per heavy atom. The van der Waals surface area contributed by atoms with Gasteiger partial charge in [-0.2, -0.15) is 13.2 Å². The monoisotopic (exact) mass is 278 g/mol. The molecule has 0 fully saturated rings. The third kappa shape index (κ3) is 7.21. The minimum absolute atomic E-state index is 0.194. The predicted octanol–water partition coefficient (Wildman–Crippen LogP) is 3.42. The summed E-state index contributed by atoms with van der Waals surface area (Å²) in [5, 5.41) is 0. The van der Waals surface area contributed by atoms with E-state index in [0.717, 1.165) is 5.56 Å². The molecule has 6 heteroatoms. The van der Waals surface area contributed by atoms with E-state index in [2.05, 4.69) is 0 Å². The van der Waals surface area contributed by atoms with Crippen molar-refractivity contribution < 1.29 is 22.7 Å². The molecular formula is C12H13F3O2S. The summed E-state index contributed by atoms with van der Waals surface area (Å²) in [6, 6.07) is 9.42. The summed E-state index contributed by atoms with van der Waals surface area (Å²) < 4.78 is 40.2. The van der Waals surface area contributed by atoms with Crippen molar-refractivity contribution in [2.45, 2.75) is 18.3 Å². The first-order valence-corrected chi connectivity index (χ1v) is 6.36. The fourth-order valence-electron chi connectivity index (χ4n) is 1.25. The Morgan fingerprint density at radius 3 is 2.50 bits per heavy atom. The molecule has 0 N–H and O–H groups in total. The van der Waals surface area contributed by atoms with E-state index in [1.54, 1.807) is 0 Å². The van der Waals surface area contributed by atoms with Crippen LogP contribution in [0, 0.1) is 0 Å². The van der Waals surface area contributed by atoms with Gasteiger partial charge in [-0.05, 0) is 5.56 Å². The number of halogens is 3. The van der Waals surface area contributed by atoms with Gasteiger partial charge >= 0.3 is 11.5 Å². The van der Waals surface area contributed by atoms with Crippen LogP contribution in [0.25, 0.3) is 0 Å². The van der Waals surface area contributed by atoms with Crippen LogP contribution in [-0.4, -0.2) is 23.8 Å². The maximum atomic E-state index is 11.8. The Kier molecular flexibility index (Phi) is 6.04. The fourth-order valence-corrected chi connectivity index (χ4v) is 1.75. The lowest BCUT2D eigenvalue weighted by molar-refractivity contribution is -0.143. The van der Waals surface area contributed by atoms with Gasteiger partial charge in [0.05, 0.1) is 13.0 Å². The van der Waals surface area contributed by atoms with Gasteiger partial charge in [0.2, 0.25) is 0 Å². The highest BCUT2D eigenvalue weighted by atomic mass is 32.2. The highest BCUT2D eigenvalue weighted by Crippen LogP contribution is 2.30. The number of carbonyl (C=O) groups excluding carboxylic acids is 1. The SMILES string of the molecule is O=C(CCSC(F)(F)F)OCCc1ccccc1. The first-order chi connectivity index (χ1) is 8.47. The maximum Gasteiger partial charge on any atom is 0.441 e. The standard InChI is InChI=1S/C12H13F3O2S/c13-12(14,15)18-9-7-11(16)17-8-6-10-4-2-1-3-5-10/h1-5H,6-9H2. The van der Waals surface area contributed by atoms with Gasteiger partial charge in [-0.25, -0.2) is 0 Å². The zero-order chi connectivity index (χ0) is 13.4. The molecule has 0 aromatic heterocycles. The summed E-state index contributed by atoms with van der Waals surface area (Å²) in [7, 11) is 0. The first kappa shape index (κ1) is 14.9. The number of thioether (sulfide) groups is 1. The summed E-state index contributed by atoms with van der Waals surface area (Å²) in [5.74, 6) is -0.893. The van der Waals surface area contributed by atoms with Crippen LogP contribution in [0.1, 0.15) is 12.0 Å². The average molecular weight is 278 g/mol. The zero-order valence-electron chi connectivity index (χ0n) is 9.57. The van der Waals surface area contributed by atoms with Crippen molar-refractivity contribution in [2.75, 3.05) is 12.4 Å². The number of benzene rings is 1. The summed E-state index contributed by atoms with van der Waals surface area (Å²) in [6.07, 6.45) is 0.345. The van der Waals surface area contributed by atoms with Gasteiger partial charge in [0, 0.05) is 12.2 Å². The Hall–Kier alpha value is -1.17. The average Bonchev–Trinajstić information content (AvgIpc) is 2.28. The number of ether oxygens (including phenoxy) is 1. The van der Waals surface area contributed by atoms with Gasteiger partial charge in [-0.3, -0.25) is 4.79 Å². The lowest BCUT2D eigenvalue weighted by atomic mass is 10.2. The number of rotatable bonds is 6. The molecule has 1 rings (SSSR count). The Bertz CT molecular complexity index is 365. The molecule has 1 aromatic rings. The highest BCUT2D eigenvalue weighted by Gasteiger charge is 2.27. The molecule has 2 nitrogen and oxygen atoms in total. The van der Waals surface area contributed by atoms with Gasteiger partial charge in [0.15, 0.2) is 0 Å². The van der Waals surface area contributed by atoms with Crippen molar-refractivity contribution in [1.29, 1.82) is 0 Å². The molecule has 0 amide bonds. The third-order valence-electron chi connectivity index (χ3n) is 2.07. The van der Waals surface area contributed by atoms with E-state index in [9.17, 15) is 18.0 Å². The number of alkyl halides is 3. The van der Waals surface area contributed by atoms with Crippen LogP contribution in [0.4, 0.5) is 13.2 Å². The number of esters is 1. The van der Waals surface area contributed by atoms with Crippen molar-refractivity contribution in [2.24, 2.45) is 0 Å². The van der Waals surface area contributed by atoms with Gasteiger partial charge < -0.3 is 4.74 Å². The minimum Gasteiger partial charge on any atom is -0.465 e. The largest absolute Gasteiger partial charge is 0.465 e. The van der Waals surface area contributed by atoms with Crippen molar-refractivity contribution >= 4 is 17.7 Å². The number of carbonyl (C=O) groups is 1. The van der Waals surface area contributed by atoms with Crippen molar-refractivity contribution in [3.8, 4) is 0 Å². The quantitative estimate of drug-likeness (QED) is 0.746. The molecule has 0 heterocycles. The van der Waals surface area contributed by atoms with E-state index in [1.807, 2.05) is 30.3 Å². The maximum absolute atomic E-state index is 11.8. The fraction of sp³-hybridized carbons (Fsp3) is 0.417. The van der Waals surface area contributed by atoms with E-state index >= 15 is 0 Å². The Labute approximate surface area is 108 Å². The van der Waals surface area contributed by atoms with Crippen LogP contribution < -0.4 is 0 Å². The predicted molar refractivity (Wildman–Crippen MR) is 64.2 cm³/mol. The van der Waals surface area contributed by atoms with Gasteiger partial charge in [-0.1, -0.05) is 42.1 Å². The van der Waals surface area contributed by atoms with Crippen LogP contribution in [0.15, 0.2) is 30.3 Å². The molecule has 0 unspecified atom stereocenters. The molecular weight excluding hydrogens is 265 g/mol. The molecule has 0 saturated carbocycles. The second-order valence-corrected chi connectivity index (χ2v) is 4.66. The van der Waals surface area contributed by atoms with Crippen molar-refractivity contribution in [3.05, 3.63) is 35.9 Å². The second-order valence-electron chi connectivity index (χ2n) is 3.50. The second kappa shape index (κ2) is 7.31. The van der Waals surface area contributed by atoms with Crippen LogP contribution in [0.3, 0.4) is 0 Å². The Morgan fingerprint density at radius 2 is 1.89 bits per heavy atom. The lowest BCUT2D eigenvalue weighted by Crippen LogP contribution is -2.10. The molecule has 18 heavy (non-hydrogen) atoms. The normalized spacial score (nSPS) is 11.3. The summed E-state index contributed by atoms with van der Waals surface area (Å²) in [6.45, 7) is 0.194. The van der Waals surface area contributed by atoms with Crippen molar-refractivity contribution in [1.82, 2.24) is 0 Å². The van der Waals surface area contributed by atoms with Crippen molar-refractivity contribution in [3.63, 3.8) is 0 Å². The topological polar surface area (TPSA) is 26.3 Å². The Balaban J connectivity index is 2.11. The molecule has 0 atom stereocenters. The van der Waals surface area contributed by atoms with Crippen LogP contribution in [0.2, 0.25) is 0 Å². The van der Waals surface area contributed by atoms with E-state index in [1.165, 1.54) is 0 Å². The molecule has 0 spiro atoms. The highest BCUT2D eigenvalue weighted by molar-refractivity contribution is 8.00. The lowest BCUT2D eigenvalue weighted by Gasteiger charge is -2.06. The third-order valence-corrected chi connectivity index (χ3v) is 2.80. The molecule has 1 aromatic carbocycles. The van der Waals surface area contributed by atoms with Crippen LogP contribution >= 0.6 is 11.8 Å². The molecule has 0 aliphatic carbocycles. The van der Waals surface area contributed by atoms with E-state index in [-0.39, 0.29) is 30.5 Å². The smallest absolute Gasteiger partial charge is 0.441 e.